The van der Waals surface area contributed by atoms with E-state index in [-0.39, 0.29) is 17.7 Å². The minimum atomic E-state index is -0.341. The van der Waals surface area contributed by atoms with Crippen LogP contribution in [-0.2, 0) is 0 Å². The Balaban J connectivity index is 1.77. The van der Waals surface area contributed by atoms with Gasteiger partial charge < -0.3 is 14.6 Å². The Morgan fingerprint density at radius 3 is 2.37 bits per heavy atom. The SMILES string of the molecule is COc1ccc([C@H]2CC(c3ccccc3O)=NN2C(=O)c2ccccc2)cc1OC. The predicted molar refractivity (Wildman–Crippen MR) is 114 cm³/mol. The van der Waals surface area contributed by atoms with E-state index >= 15 is 0 Å². The summed E-state index contributed by atoms with van der Waals surface area (Å²) in [4.78, 5) is 13.3. The van der Waals surface area contributed by atoms with Crippen LogP contribution in [0.2, 0.25) is 0 Å². The summed E-state index contributed by atoms with van der Waals surface area (Å²) in [5, 5.41) is 16.4. The van der Waals surface area contributed by atoms with Crippen LogP contribution in [0.25, 0.3) is 0 Å². The minimum absolute atomic E-state index is 0.135. The zero-order valence-electron chi connectivity index (χ0n) is 16.8. The van der Waals surface area contributed by atoms with Gasteiger partial charge >= 0.3 is 0 Å². The van der Waals surface area contributed by atoms with E-state index in [1.807, 2.05) is 42.5 Å². The van der Waals surface area contributed by atoms with Crippen LogP contribution in [0.4, 0.5) is 0 Å². The molecule has 3 aromatic carbocycles. The molecule has 1 amide bonds. The van der Waals surface area contributed by atoms with Gasteiger partial charge in [-0.15, -0.1) is 0 Å². The summed E-state index contributed by atoms with van der Waals surface area (Å²) in [6.45, 7) is 0. The number of aromatic hydroxyl groups is 1. The molecule has 0 aromatic heterocycles. The van der Waals surface area contributed by atoms with Crippen LogP contribution in [0.15, 0.2) is 77.9 Å². The van der Waals surface area contributed by atoms with Gasteiger partial charge in [-0.05, 0) is 42.0 Å². The summed E-state index contributed by atoms with van der Waals surface area (Å²) in [5.41, 5.74) is 2.68. The van der Waals surface area contributed by atoms with Crippen molar-refractivity contribution in [3.05, 3.63) is 89.5 Å². The van der Waals surface area contributed by atoms with E-state index in [0.717, 1.165) is 5.56 Å². The van der Waals surface area contributed by atoms with Crippen LogP contribution in [0.1, 0.15) is 33.9 Å². The molecule has 30 heavy (non-hydrogen) atoms. The van der Waals surface area contributed by atoms with Crippen molar-refractivity contribution >= 4 is 11.6 Å². The number of ether oxygens (including phenoxy) is 2. The van der Waals surface area contributed by atoms with Gasteiger partial charge in [0.15, 0.2) is 11.5 Å². The first-order valence-corrected chi connectivity index (χ1v) is 9.58. The van der Waals surface area contributed by atoms with Crippen molar-refractivity contribution in [2.75, 3.05) is 14.2 Å². The topological polar surface area (TPSA) is 71.4 Å². The molecule has 6 heteroatoms. The van der Waals surface area contributed by atoms with E-state index < -0.39 is 0 Å². The molecule has 0 unspecified atom stereocenters. The fourth-order valence-electron chi connectivity index (χ4n) is 3.61. The molecular weight excluding hydrogens is 380 g/mol. The first-order valence-electron chi connectivity index (χ1n) is 9.58. The van der Waals surface area contributed by atoms with Crippen LogP contribution < -0.4 is 9.47 Å². The molecule has 0 saturated heterocycles. The molecule has 3 aromatic rings. The maximum absolute atomic E-state index is 13.3. The molecule has 1 aliphatic heterocycles. The number of benzene rings is 3. The number of para-hydroxylation sites is 1. The zero-order valence-corrected chi connectivity index (χ0v) is 16.8. The van der Waals surface area contributed by atoms with E-state index in [1.54, 1.807) is 44.6 Å². The molecule has 0 radical (unpaired) electrons. The monoisotopic (exact) mass is 402 g/mol. The molecule has 0 bridgehead atoms. The molecule has 1 N–H and O–H groups in total. The minimum Gasteiger partial charge on any atom is -0.507 e. The van der Waals surface area contributed by atoms with Gasteiger partial charge in [-0.25, -0.2) is 5.01 Å². The second-order valence-electron chi connectivity index (χ2n) is 6.91. The largest absolute Gasteiger partial charge is 0.507 e. The standard InChI is InChI=1S/C24H22N2O4/c1-29-22-13-12-17(14-23(22)30-2)20-15-19(18-10-6-7-11-21(18)27)25-26(20)24(28)16-8-4-3-5-9-16/h3-14,20,27H,15H2,1-2H3/t20-/m1/s1. The molecule has 6 nitrogen and oxygen atoms in total. The van der Waals surface area contributed by atoms with Crippen molar-refractivity contribution in [2.45, 2.75) is 12.5 Å². The lowest BCUT2D eigenvalue weighted by atomic mass is 9.97. The zero-order chi connectivity index (χ0) is 21.1. The lowest BCUT2D eigenvalue weighted by Gasteiger charge is -2.23. The third-order valence-electron chi connectivity index (χ3n) is 5.15. The van der Waals surface area contributed by atoms with Crippen molar-refractivity contribution in [3.63, 3.8) is 0 Å². The fourth-order valence-corrected chi connectivity index (χ4v) is 3.61. The number of hydrazone groups is 1. The summed E-state index contributed by atoms with van der Waals surface area (Å²) in [6, 6.07) is 21.3. The van der Waals surface area contributed by atoms with Gasteiger partial charge in [-0.3, -0.25) is 4.79 Å². The molecule has 0 spiro atoms. The summed E-state index contributed by atoms with van der Waals surface area (Å²) < 4.78 is 10.8. The van der Waals surface area contributed by atoms with E-state index in [0.29, 0.717) is 34.8 Å². The van der Waals surface area contributed by atoms with Crippen LogP contribution >= 0.6 is 0 Å². The lowest BCUT2D eigenvalue weighted by molar-refractivity contribution is 0.0711. The number of carbonyl (C=O) groups excluding carboxylic acids is 1. The first-order chi connectivity index (χ1) is 14.6. The van der Waals surface area contributed by atoms with Gasteiger partial charge in [0.1, 0.15) is 5.75 Å². The van der Waals surface area contributed by atoms with Gasteiger partial charge in [-0.1, -0.05) is 36.4 Å². The van der Waals surface area contributed by atoms with Crippen molar-refractivity contribution in [2.24, 2.45) is 5.10 Å². The average Bonchev–Trinajstić information content (AvgIpc) is 3.24. The maximum Gasteiger partial charge on any atom is 0.274 e. The number of carbonyl (C=O) groups is 1. The van der Waals surface area contributed by atoms with Gasteiger partial charge in [0.05, 0.1) is 26.0 Å². The van der Waals surface area contributed by atoms with Crippen LogP contribution in [-0.4, -0.2) is 36.0 Å². The number of phenolic OH excluding ortho intramolecular Hbond substituents is 1. The average molecular weight is 402 g/mol. The van der Waals surface area contributed by atoms with Gasteiger partial charge in [0.2, 0.25) is 0 Å². The molecule has 4 rings (SSSR count). The highest BCUT2D eigenvalue weighted by molar-refractivity contribution is 6.06. The third kappa shape index (κ3) is 3.59. The number of hydrogen-bond acceptors (Lipinski definition) is 5. The number of methoxy groups -OCH3 is 2. The number of phenols is 1. The molecule has 152 valence electrons. The molecule has 1 aliphatic rings. The summed E-state index contributed by atoms with van der Waals surface area (Å²) >= 11 is 0. The molecule has 1 heterocycles. The van der Waals surface area contributed by atoms with E-state index in [1.165, 1.54) is 5.01 Å². The van der Waals surface area contributed by atoms with Gasteiger partial charge in [0, 0.05) is 17.5 Å². The lowest BCUT2D eigenvalue weighted by Crippen LogP contribution is -2.27. The Morgan fingerprint density at radius 2 is 1.67 bits per heavy atom. The number of hydrogen-bond donors (Lipinski definition) is 1. The highest BCUT2D eigenvalue weighted by Crippen LogP contribution is 2.38. The predicted octanol–water partition coefficient (Wildman–Crippen LogP) is 4.40. The normalized spacial score (nSPS) is 15.6. The van der Waals surface area contributed by atoms with Crippen LogP contribution in [0, 0.1) is 0 Å². The molecule has 0 aliphatic carbocycles. The van der Waals surface area contributed by atoms with Crippen LogP contribution in [0.5, 0.6) is 17.2 Å². The molecular formula is C24H22N2O4. The summed E-state index contributed by atoms with van der Waals surface area (Å²) in [7, 11) is 3.16. The Hall–Kier alpha value is -3.80. The Kier molecular flexibility index (Phi) is 5.39. The van der Waals surface area contributed by atoms with Gasteiger partial charge in [0.25, 0.3) is 5.91 Å². The first kappa shape index (κ1) is 19.5. The van der Waals surface area contributed by atoms with Crippen LogP contribution in [0.3, 0.4) is 0 Å². The van der Waals surface area contributed by atoms with E-state index in [4.69, 9.17) is 9.47 Å². The molecule has 1 atom stereocenters. The summed E-state index contributed by atoms with van der Waals surface area (Å²) in [5.74, 6) is 1.12. The Morgan fingerprint density at radius 1 is 0.967 bits per heavy atom. The molecule has 0 saturated carbocycles. The number of amides is 1. The highest BCUT2D eigenvalue weighted by Gasteiger charge is 2.34. The second kappa shape index (κ2) is 8.29. The maximum atomic E-state index is 13.3. The smallest absolute Gasteiger partial charge is 0.274 e. The number of nitrogens with zero attached hydrogens (tertiary/aromatic N) is 2. The van der Waals surface area contributed by atoms with Crippen molar-refractivity contribution in [1.29, 1.82) is 0 Å². The Labute approximate surface area is 175 Å². The highest BCUT2D eigenvalue weighted by atomic mass is 16.5. The van der Waals surface area contributed by atoms with E-state index in [2.05, 4.69) is 5.10 Å². The van der Waals surface area contributed by atoms with Crippen molar-refractivity contribution < 1.29 is 19.4 Å². The van der Waals surface area contributed by atoms with Gasteiger partial charge in [-0.2, -0.15) is 5.10 Å². The third-order valence-corrected chi connectivity index (χ3v) is 5.15. The van der Waals surface area contributed by atoms with E-state index in [9.17, 15) is 9.90 Å². The fraction of sp³-hybridized carbons (Fsp3) is 0.167. The van der Waals surface area contributed by atoms with Crippen molar-refractivity contribution in [1.82, 2.24) is 5.01 Å². The quantitative estimate of drug-likeness (QED) is 0.687. The molecule has 0 fully saturated rings. The number of rotatable bonds is 5. The second-order valence-corrected chi connectivity index (χ2v) is 6.91. The van der Waals surface area contributed by atoms with Crippen molar-refractivity contribution in [3.8, 4) is 17.2 Å². The summed E-state index contributed by atoms with van der Waals surface area (Å²) in [6.07, 6.45) is 0.464. The Bertz CT molecular complexity index is 1100.